The maximum Gasteiger partial charge on any atom is 0.573 e. The zero-order valence-corrected chi connectivity index (χ0v) is 10.2. The highest BCUT2D eigenvalue weighted by Gasteiger charge is 2.31. The Kier molecular flexibility index (Phi) is 4.91. The standard InChI is InChI=1S/C10H10Cl2F3NO/c11-8-4-6(17-10(13,14)15)5-9(12)7(8)2-1-3-16/h4-5H,1-3,16H2. The van der Waals surface area contributed by atoms with Gasteiger partial charge in [-0.2, -0.15) is 0 Å². The second kappa shape index (κ2) is 5.80. The summed E-state index contributed by atoms with van der Waals surface area (Å²) in [6, 6.07) is 2.18. The number of hydrogen-bond donors (Lipinski definition) is 1. The summed E-state index contributed by atoms with van der Waals surface area (Å²) in [6.07, 6.45) is -3.59. The fourth-order valence-electron chi connectivity index (χ4n) is 1.29. The van der Waals surface area contributed by atoms with E-state index in [-0.39, 0.29) is 10.0 Å². The molecule has 96 valence electrons. The molecule has 0 spiro atoms. The third-order valence-corrected chi connectivity index (χ3v) is 2.65. The van der Waals surface area contributed by atoms with Crippen molar-refractivity contribution in [3.63, 3.8) is 0 Å². The molecule has 0 fully saturated rings. The average molecular weight is 288 g/mol. The van der Waals surface area contributed by atoms with Crippen LogP contribution in [0.3, 0.4) is 0 Å². The first-order valence-electron chi connectivity index (χ1n) is 4.77. The number of ether oxygens (including phenoxy) is 1. The van der Waals surface area contributed by atoms with Gasteiger partial charge in [-0.25, -0.2) is 0 Å². The number of alkyl halides is 3. The van der Waals surface area contributed by atoms with E-state index in [0.717, 1.165) is 12.1 Å². The van der Waals surface area contributed by atoms with Crippen LogP contribution >= 0.6 is 23.2 Å². The molecular weight excluding hydrogens is 278 g/mol. The summed E-state index contributed by atoms with van der Waals surface area (Å²) in [5.41, 5.74) is 5.91. The molecule has 0 bridgehead atoms. The lowest BCUT2D eigenvalue weighted by Gasteiger charge is -2.12. The van der Waals surface area contributed by atoms with Crippen molar-refractivity contribution in [1.82, 2.24) is 0 Å². The summed E-state index contributed by atoms with van der Waals surface area (Å²) in [5.74, 6) is -0.427. The van der Waals surface area contributed by atoms with Crippen molar-refractivity contribution < 1.29 is 17.9 Å². The molecule has 1 rings (SSSR count). The monoisotopic (exact) mass is 287 g/mol. The Morgan fingerprint density at radius 1 is 1.18 bits per heavy atom. The summed E-state index contributed by atoms with van der Waals surface area (Å²) in [5, 5.41) is 0.287. The van der Waals surface area contributed by atoms with Gasteiger partial charge in [0.1, 0.15) is 5.75 Å². The maximum absolute atomic E-state index is 12.0. The van der Waals surface area contributed by atoms with Crippen molar-refractivity contribution in [2.75, 3.05) is 6.54 Å². The predicted molar refractivity (Wildman–Crippen MR) is 60.5 cm³/mol. The number of benzene rings is 1. The summed E-state index contributed by atoms with van der Waals surface area (Å²) >= 11 is 11.7. The molecule has 17 heavy (non-hydrogen) atoms. The van der Waals surface area contributed by atoms with Crippen LogP contribution in [-0.2, 0) is 6.42 Å². The smallest absolute Gasteiger partial charge is 0.406 e. The molecule has 0 aromatic heterocycles. The number of hydrogen-bond acceptors (Lipinski definition) is 2. The molecule has 0 heterocycles. The van der Waals surface area contributed by atoms with Gasteiger partial charge in [0.2, 0.25) is 0 Å². The highest BCUT2D eigenvalue weighted by molar-refractivity contribution is 6.36. The van der Waals surface area contributed by atoms with E-state index in [1.165, 1.54) is 0 Å². The van der Waals surface area contributed by atoms with Gasteiger partial charge in [0, 0.05) is 10.0 Å². The molecule has 0 atom stereocenters. The molecule has 1 aromatic rings. The Bertz CT molecular complexity index is 373. The lowest BCUT2D eigenvalue weighted by atomic mass is 10.1. The van der Waals surface area contributed by atoms with E-state index in [2.05, 4.69) is 4.74 Å². The molecule has 0 aliphatic carbocycles. The minimum atomic E-state index is -4.76. The Morgan fingerprint density at radius 2 is 1.71 bits per heavy atom. The third kappa shape index (κ3) is 4.61. The van der Waals surface area contributed by atoms with Crippen LogP contribution in [0.1, 0.15) is 12.0 Å². The zero-order valence-electron chi connectivity index (χ0n) is 8.65. The minimum Gasteiger partial charge on any atom is -0.406 e. The second-order valence-corrected chi connectivity index (χ2v) is 4.12. The largest absolute Gasteiger partial charge is 0.573 e. The van der Waals surface area contributed by atoms with Crippen LogP contribution in [0, 0.1) is 0 Å². The summed E-state index contributed by atoms with van der Waals surface area (Å²) in [4.78, 5) is 0. The zero-order chi connectivity index (χ0) is 13.1. The first-order valence-corrected chi connectivity index (χ1v) is 5.53. The van der Waals surface area contributed by atoms with Gasteiger partial charge in [0.05, 0.1) is 0 Å². The SMILES string of the molecule is NCCCc1c(Cl)cc(OC(F)(F)F)cc1Cl. The number of nitrogens with two attached hydrogens (primary N) is 1. The molecule has 0 saturated carbocycles. The van der Waals surface area contributed by atoms with Crippen molar-refractivity contribution in [3.8, 4) is 5.75 Å². The van der Waals surface area contributed by atoms with Gasteiger partial charge in [-0.1, -0.05) is 23.2 Å². The summed E-state index contributed by atoms with van der Waals surface area (Å²) in [7, 11) is 0. The van der Waals surface area contributed by atoms with Crippen molar-refractivity contribution in [3.05, 3.63) is 27.7 Å². The van der Waals surface area contributed by atoms with Gasteiger partial charge in [-0.15, -0.1) is 13.2 Å². The van der Waals surface area contributed by atoms with E-state index < -0.39 is 12.1 Å². The van der Waals surface area contributed by atoms with Crippen molar-refractivity contribution >= 4 is 23.2 Å². The molecule has 0 unspecified atom stereocenters. The van der Waals surface area contributed by atoms with Crippen LogP contribution in [0.4, 0.5) is 13.2 Å². The van der Waals surface area contributed by atoms with Crippen molar-refractivity contribution in [2.24, 2.45) is 5.73 Å². The molecule has 0 radical (unpaired) electrons. The van der Waals surface area contributed by atoms with Crippen LogP contribution in [0.2, 0.25) is 10.0 Å². The van der Waals surface area contributed by atoms with Crippen LogP contribution in [-0.4, -0.2) is 12.9 Å². The Labute approximate surface area is 106 Å². The molecule has 1 aromatic carbocycles. The van der Waals surface area contributed by atoms with Crippen LogP contribution < -0.4 is 10.5 Å². The Morgan fingerprint density at radius 3 is 2.12 bits per heavy atom. The van der Waals surface area contributed by atoms with Crippen molar-refractivity contribution in [1.29, 1.82) is 0 Å². The number of halogens is 5. The van der Waals surface area contributed by atoms with Crippen molar-refractivity contribution in [2.45, 2.75) is 19.2 Å². The van der Waals surface area contributed by atoms with E-state index in [1.54, 1.807) is 0 Å². The van der Waals surface area contributed by atoms with E-state index >= 15 is 0 Å². The van der Waals surface area contributed by atoms with Gasteiger partial charge < -0.3 is 10.5 Å². The molecular formula is C10H10Cl2F3NO. The quantitative estimate of drug-likeness (QED) is 0.915. The van der Waals surface area contributed by atoms with Crippen LogP contribution in [0.5, 0.6) is 5.75 Å². The summed E-state index contributed by atoms with van der Waals surface area (Å²) < 4.78 is 39.7. The highest BCUT2D eigenvalue weighted by atomic mass is 35.5. The first kappa shape index (κ1) is 14.4. The molecule has 7 heteroatoms. The van der Waals surface area contributed by atoms with Gasteiger partial charge >= 0.3 is 6.36 Å². The highest BCUT2D eigenvalue weighted by Crippen LogP contribution is 2.33. The first-order chi connectivity index (χ1) is 7.83. The number of rotatable bonds is 4. The van der Waals surface area contributed by atoms with E-state index in [9.17, 15) is 13.2 Å². The van der Waals surface area contributed by atoms with Gasteiger partial charge in [0.15, 0.2) is 0 Å². The van der Waals surface area contributed by atoms with Gasteiger partial charge in [-0.3, -0.25) is 0 Å². The fraction of sp³-hybridized carbons (Fsp3) is 0.400. The van der Waals surface area contributed by atoms with E-state index in [4.69, 9.17) is 28.9 Å². The van der Waals surface area contributed by atoms with E-state index in [1.807, 2.05) is 0 Å². The second-order valence-electron chi connectivity index (χ2n) is 3.31. The van der Waals surface area contributed by atoms with Gasteiger partial charge in [-0.05, 0) is 37.1 Å². The third-order valence-electron chi connectivity index (χ3n) is 1.98. The van der Waals surface area contributed by atoms with Crippen LogP contribution in [0.15, 0.2) is 12.1 Å². The fourth-order valence-corrected chi connectivity index (χ4v) is 1.95. The molecule has 0 aliphatic heterocycles. The average Bonchev–Trinajstić information content (AvgIpc) is 2.13. The molecule has 2 nitrogen and oxygen atoms in total. The minimum absolute atomic E-state index is 0.144. The normalized spacial score (nSPS) is 11.6. The molecule has 0 aliphatic rings. The summed E-state index contributed by atoms with van der Waals surface area (Å²) in [6.45, 7) is 0.452. The predicted octanol–water partition coefficient (Wildman–Crippen LogP) is 3.78. The van der Waals surface area contributed by atoms with Crippen LogP contribution in [0.25, 0.3) is 0 Å². The molecule has 0 saturated heterocycles. The Balaban J connectivity index is 2.93. The topological polar surface area (TPSA) is 35.2 Å². The lowest BCUT2D eigenvalue weighted by molar-refractivity contribution is -0.274. The maximum atomic E-state index is 12.0. The van der Waals surface area contributed by atoms with Gasteiger partial charge in [0.25, 0.3) is 0 Å². The van der Waals surface area contributed by atoms with E-state index in [0.29, 0.717) is 24.9 Å². The molecule has 0 amide bonds. The molecule has 2 N–H and O–H groups in total. The lowest BCUT2D eigenvalue weighted by Crippen LogP contribution is -2.17. The Hall–Kier alpha value is -0.650.